The molecule has 2 fully saturated rings. The van der Waals surface area contributed by atoms with Gasteiger partial charge in [-0.2, -0.15) is 4.31 Å². The molecule has 6 nitrogen and oxygen atoms in total. The first-order valence-electron chi connectivity index (χ1n) is 9.81. The van der Waals surface area contributed by atoms with Gasteiger partial charge in [-0.3, -0.25) is 0 Å². The quantitative estimate of drug-likeness (QED) is 0.784. The minimum atomic E-state index is -3.52. The van der Waals surface area contributed by atoms with Gasteiger partial charge in [0, 0.05) is 31.2 Å². The Balaban J connectivity index is 1.38. The highest BCUT2D eigenvalue weighted by atomic mass is 35.5. The molecule has 0 bridgehead atoms. The van der Waals surface area contributed by atoms with E-state index in [4.69, 9.17) is 11.6 Å². The fourth-order valence-electron chi connectivity index (χ4n) is 3.67. The first-order chi connectivity index (χ1) is 13.9. The molecule has 1 aliphatic heterocycles. The maximum atomic E-state index is 12.8. The molecule has 0 radical (unpaired) electrons. The second-order valence-electron chi connectivity index (χ2n) is 7.52. The number of hydrogen-bond acceptors (Lipinski definition) is 3. The molecule has 0 unspecified atom stereocenters. The van der Waals surface area contributed by atoms with Gasteiger partial charge >= 0.3 is 6.03 Å². The first kappa shape index (κ1) is 20.2. The van der Waals surface area contributed by atoms with Crippen molar-refractivity contribution < 1.29 is 13.2 Å². The van der Waals surface area contributed by atoms with Crippen LogP contribution in [0.15, 0.2) is 59.5 Å². The average molecular weight is 434 g/mol. The number of nitrogens with zero attached hydrogens (tertiary/aromatic N) is 2. The van der Waals surface area contributed by atoms with Crippen LogP contribution in [0, 0.1) is 5.92 Å². The van der Waals surface area contributed by atoms with Gasteiger partial charge in [0.1, 0.15) is 0 Å². The summed E-state index contributed by atoms with van der Waals surface area (Å²) in [6, 6.07) is 15.8. The molecule has 154 valence electrons. The summed E-state index contributed by atoms with van der Waals surface area (Å²) in [6.07, 6.45) is 2.19. The third kappa shape index (κ3) is 4.57. The van der Waals surface area contributed by atoms with Crippen molar-refractivity contribution in [3.05, 3.63) is 65.2 Å². The van der Waals surface area contributed by atoms with Gasteiger partial charge in [0.2, 0.25) is 10.0 Å². The SMILES string of the molecule is O=C(N[C@H](c1ccc(Cl)cc1)C1CC1)N1CCN(S(=O)(=O)c2ccccc2)CC1. The number of piperazine rings is 1. The fraction of sp³-hybridized carbons (Fsp3) is 0.381. The number of amides is 2. The Morgan fingerprint density at radius 1 is 0.966 bits per heavy atom. The highest BCUT2D eigenvalue weighted by molar-refractivity contribution is 7.89. The van der Waals surface area contributed by atoms with Gasteiger partial charge in [-0.05, 0) is 48.6 Å². The van der Waals surface area contributed by atoms with Crippen LogP contribution in [0.2, 0.25) is 5.02 Å². The zero-order valence-corrected chi connectivity index (χ0v) is 17.6. The summed E-state index contributed by atoms with van der Waals surface area (Å²) in [5.41, 5.74) is 1.05. The molecular weight excluding hydrogens is 410 g/mol. The average Bonchev–Trinajstić information content (AvgIpc) is 3.58. The summed E-state index contributed by atoms with van der Waals surface area (Å²) in [6.45, 7) is 1.32. The van der Waals surface area contributed by atoms with Crippen LogP contribution in [0.5, 0.6) is 0 Å². The van der Waals surface area contributed by atoms with E-state index in [0.29, 0.717) is 37.1 Å². The summed E-state index contributed by atoms with van der Waals surface area (Å²) in [5.74, 6) is 0.444. The molecule has 8 heteroatoms. The van der Waals surface area contributed by atoms with Gasteiger partial charge in [0.05, 0.1) is 10.9 Å². The summed E-state index contributed by atoms with van der Waals surface area (Å²) in [4.78, 5) is 14.8. The zero-order valence-electron chi connectivity index (χ0n) is 16.0. The molecule has 1 N–H and O–H groups in total. The molecule has 0 spiro atoms. The van der Waals surface area contributed by atoms with Crippen LogP contribution < -0.4 is 5.32 Å². The summed E-state index contributed by atoms with van der Waals surface area (Å²) in [5, 5.41) is 3.82. The molecule has 1 atom stereocenters. The monoisotopic (exact) mass is 433 g/mol. The Kier molecular flexibility index (Phi) is 5.81. The minimum Gasteiger partial charge on any atom is -0.331 e. The van der Waals surface area contributed by atoms with E-state index < -0.39 is 10.0 Å². The van der Waals surface area contributed by atoms with E-state index in [1.54, 1.807) is 35.2 Å². The van der Waals surface area contributed by atoms with Crippen molar-refractivity contribution in [1.29, 1.82) is 0 Å². The van der Waals surface area contributed by atoms with Crippen molar-refractivity contribution >= 4 is 27.7 Å². The van der Waals surface area contributed by atoms with E-state index >= 15 is 0 Å². The number of nitrogens with one attached hydrogen (secondary N) is 1. The van der Waals surface area contributed by atoms with Crippen LogP contribution in [0.1, 0.15) is 24.4 Å². The topological polar surface area (TPSA) is 69.7 Å². The van der Waals surface area contributed by atoms with E-state index in [-0.39, 0.29) is 17.0 Å². The van der Waals surface area contributed by atoms with E-state index in [1.807, 2.05) is 24.3 Å². The van der Waals surface area contributed by atoms with Gasteiger partial charge in [-0.25, -0.2) is 13.2 Å². The van der Waals surface area contributed by atoms with Crippen LogP contribution in [-0.2, 0) is 10.0 Å². The van der Waals surface area contributed by atoms with E-state index in [9.17, 15) is 13.2 Å². The number of sulfonamides is 1. The van der Waals surface area contributed by atoms with Crippen molar-refractivity contribution in [3.63, 3.8) is 0 Å². The molecule has 2 aromatic carbocycles. The lowest BCUT2D eigenvalue weighted by Gasteiger charge is -2.35. The molecule has 1 saturated heterocycles. The Bertz CT molecular complexity index is 954. The molecule has 2 aromatic rings. The number of hydrogen-bond donors (Lipinski definition) is 1. The standard InChI is InChI=1S/C21H24ClN3O3S/c22-18-10-8-17(9-11-18)20(16-6-7-16)23-21(26)24-12-14-25(15-13-24)29(27,28)19-4-2-1-3-5-19/h1-5,8-11,16,20H,6-7,12-15H2,(H,23,26)/t20-/m0/s1. The molecule has 1 heterocycles. The summed E-state index contributed by atoms with van der Waals surface area (Å²) < 4.78 is 26.9. The van der Waals surface area contributed by atoms with Crippen LogP contribution in [0.25, 0.3) is 0 Å². The van der Waals surface area contributed by atoms with Gasteiger partial charge in [-0.15, -0.1) is 0 Å². The number of halogens is 1. The normalized spacial score (nSPS) is 19.0. The van der Waals surface area contributed by atoms with E-state index in [0.717, 1.165) is 18.4 Å². The maximum Gasteiger partial charge on any atom is 0.317 e. The Morgan fingerprint density at radius 2 is 1.59 bits per heavy atom. The lowest BCUT2D eigenvalue weighted by atomic mass is 10.0. The zero-order chi connectivity index (χ0) is 20.4. The number of rotatable bonds is 5. The van der Waals surface area contributed by atoms with Crippen molar-refractivity contribution in [1.82, 2.24) is 14.5 Å². The highest BCUT2D eigenvalue weighted by Gasteiger charge is 2.35. The maximum absolute atomic E-state index is 12.8. The molecule has 1 saturated carbocycles. The first-order valence-corrected chi connectivity index (χ1v) is 11.6. The van der Waals surface area contributed by atoms with Crippen molar-refractivity contribution in [3.8, 4) is 0 Å². The Labute approximate surface area is 176 Å². The number of urea groups is 1. The van der Waals surface area contributed by atoms with Gasteiger partial charge < -0.3 is 10.2 Å². The lowest BCUT2D eigenvalue weighted by molar-refractivity contribution is 0.167. The molecule has 4 rings (SSSR count). The van der Waals surface area contributed by atoms with Crippen LogP contribution >= 0.6 is 11.6 Å². The second-order valence-corrected chi connectivity index (χ2v) is 9.89. The van der Waals surface area contributed by atoms with Crippen LogP contribution in [0.4, 0.5) is 4.79 Å². The Hall–Kier alpha value is -2.09. The smallest absolute Gasteiger partial charge is 0.317 e. The lowest BCUT2D eigenvalue weighted by Crippen LogP contribution is -2.53. The molecule has 0 aromatic heterocycles. The van der Waals surface area contributed by atoms with Gasteiger partial charge in [0.15, 0.2) is 0 Å². The highest BCUT2D eigenvalue weighted by Crippen LogP contribution is 2.41. The van der Waals surface area contributed by atoms with E-state index in [1.165, 1.54) is 4.31 Å². The largest absolute Gasteiger partial charge is 0.331 e. The van der Waals surface area contributed by atoms with Crippen molar-refractivity contribution in [2.24, 2.45) is 5.92 Å². The van der Waals surface area contributed by atoms with Crippen LogP contribution in [-0.4, -0.2) is 49.8 Å². The molecule has 2 aliphatic rings. The minimum absolute atomic E-state index is 0.0363. The third-order valence-electron chi connectivity index (χ3n) is 5.51. The van der Waals surface area contributed by atoms with E-state index in [2.05, 4.69) is 5.32 Å². The van der Waals surface area contributed by atoms with Gasteiger partial charge in [0.25, 0.3) is 0 Å². The third-order valence-corrected chi connectivity index (χ3v) is 7.67. The number of carbonyl (C=O) groups excluding carboxylic acids is 1. The summed E-state index contributed by atoms with van der Waals surface area (Å²) in [7, 11) is -3.52. The van der Waals surface area contributed by atoms with Gasteiger partial charge in [-0.1, -0.05) is 41.9 Å². The van der Waals surface area contributed by atoms with Crippen LogP contribution in [0.3, 0.4) is 0 Å². The molecule has 29 heavy (non-hydrogen) atoms. The predicted octanol–water partition coefficient (Wildman–Crippen LogP) is 3.51. The predicted molar refractivity (Wildman–Crippen MR) is 112 cm³/mol. The molecule has 2 amide bonds. The number of carbonyl (C=O) groups is 1. The Morgan fingerprint density at radius 3 is 2.17 bits per heavy atom. The molecular formula is C21H24ClN3O3S. The van der Waals surface area contributed by atoms with Crippen molar-refractivity contribution in [2.45, 2.75) is 23.8 Å². The fourth-order valence-corrected chi connectivity index (χ4v) is 5.24. The second kappa shape index (κ2) is 8.34. The van der Waals surface area contributed by atoms with Crippen molar-refractivity contribution in [2.75, 3.05) is 26.2 Å². The number of benzene rings is 2. The summed E-state index contributed by atoms with van der Waals surface area (Å²) >= 11 is 5.98. The molecule has 1 aliphatic carbocycles.